The van der Waals surface area contributed by atoms with E-state index in [1.807, 2.05) is 31.2 Å². The minimum absolute atomic E-state index is 0.198. The van der Waals surface area contributed by atoms with E-state index >= 15 is 0 Å². The molecular weight excluding hydrogens is 402 g/mol. The number of fused-ring (bicyclic) bond motifs is 1. The number of carbonyl (C=O) groups is 1. The third-order valence-corrected chi connectivity index (χ3v) is 6.06. The topological polar surface area (TPSA) is 88.8 Å². The van der Waals surface area contributed by atoms with Crippen LogP contribution in [0, 0.1) is 5.92 Å². The lowest BCUT2D eigenvalue weighted by molar-refractivity contribution is 0.0943. The highest BCUT2D eigenvalue weighted by Crippen LogP contribution is 2.27. The van der Waals surface area contributed by atoms with Crippen LogP contribution in [0.2, 0.25) is 0 Å². The number of hydrogen-bond acceptors (Lipinski definition) is 7. The molecule has 8 nitrogen and oxygen atoms in total. The molecule has 3 heterocycles. The van der Waals surface area contributed by atoms with Gasteiger partial charge in [-0.25, -0.2) is 0 Å². The van der Waals surface area contributed by atoms with Crippen LogP contribution < -0.4 is 20.5 Å². The minimum atomic E-state index is -0.441. The van der Waals surface area contributed by atoms with Crippen LogP contribution in [0.3, 0.4) is 0 Å². The van der Waals surface area contributed by atoms with Gasteiger partial charge < -0.3 is 15.0 Å². The first-order valence-electron chi connectivity index (χ1n) is 10.2. The number of carbonyl (C=O) groups excluding carboxylic acids is 1. The SMILES string of the molecule is CCOc1ccc(CNC(=O)c2cc(=O)nc3sc(N4CCC[C@@H](C)C4)nn23)cc1. The molecule has 2 aromatic heterocycles. The van der Waals surface area contributed by atoms with Gasteiger partial charge in [-0.2, -0.15) is 9.50 Å². The Kier molecular flexibility index (Phi) is 5.98. The zero-order chi connectivity index (χ0) is 21.1. The first-order chi connectivity index (χ1) is 14.5. The average Bonchev–Trinajstić information content (AvgIpc) is 3.16. The molecule has 0 aliphatic carbocycles. The third-order valence-electron chi connectivity index (χ3n) is 5.09. The van der Waals surface area contributed by atoms with Crippen molar-refractivity contribution in [3.8, 4) is 5.75 Å². The van der Waals surface area contributed by atoms with Gasteiger partial charge in [0.1, 0.15) is 11.4 Å². The van der Waals surface area contributed by atoms with Crippen molar-refractivity contribution in [3.63, 3.8) is 0 Å². The molecule has 0 radical (unpaired) electrons. The van der Waals surface area contributed by atoms with E-state index in [-0.39, 0.29) is 11.6 Å². The molecule has 1 N–H and O–H groups in total. The maximum Gasteiger partial charge on any atom is 0.274 e. The first-order valence-corrected chi connectivity index (χ1v) is 11.0. The minimum Gasteiger partial charge on any atom is -0.494 e. The summed E-state index contributed by atoms with van der Waals surface area (Å²) >= 11 is 1.35. The van der Waals surface area contributed by atoms with E-state index in [9.17, 15) is 9.59 Å². The van der Waals surface area contributed by atoms with Crippen molar-refractivity contribution in [1.29, 1.82) is 0 Å². The lowest BCUT2D eigenvalue weighted by Crippen LogP contribution is -2.34. The van der Waals surface area contributed by atoms with Crippen molar-refractivity contribution in [3.05, 3.63) is 51.9 Å². The average molecular weight is 428 g/mol. The molecule has 1 aliphatic heterocycles. The van der Waals surface area contributed by atoms with Gasteiger partial charge in [0.2, 0.25) is 10.1 Å². The molecule has 0 unspecified atom stereocenters. The molecule has 1 fully saturated rings. The van der Waals surface area contributed by atoms with Crippen molar-refractivity contribution in [1.82, 2.24) is 19.9 Å². The Morgan fingerprint density at radius 2 is 2.13 bits per heavy atom. The molecule has 0 saturated carbocycles. The fourth-order valence-corrected chi connectivity index (χ4v) is 4.54. The molecule has 0 bridgehead atoms. The van der Waals surface area contributed by atoms with Crippen LogP contribution in [0.15, 0.2) is 35.1 Å². The van der Waals surface area contributed by atoms with E-state index in [0.29, 0.717) is 24.0 Å². The summed E-state index contributed by atoms with van der Waals surface area (Å²) in [4.78, 5) is 31.6. The van der Waals surface area contributed by atoms with Gasteiger partial charge in [-0.3, -0.25) is 9.59 Å². The number of rotatable bonds is 6. The number of amides is 1. The van der Waals surface area contributed by atoms with Crippen molar-refractivity contribution in [2.45, 2.75) is 33.2 Å². The first kappa shape index (κ1) is 20.3. The van der Waals surface area contributed by atoms with Gasteiger partial charge in [0.05, 0.1) is 6.61 Å². The highest BCUT2D eigenvalue weighted by atomic mass is 32.1. The Bertz CT molecular complexity index is 1090. The number of ether oxygens (including phenoxy) is 1. The molecule has 30 heavy (non-hydrogen) atoms. The fourth-order valence-electron chi connectivity index (χ4n) is 3.60. The summed E-state index contributed by atoms with van der Waals surface area (Å²) in [5, 5.41) is 8.26. The van der Waals surface area contributed by atoms with Gasteiger partial charge in [-0.1, -0.05) is 30.4 Å². The quantitative estimate of drug-likeness (QED) is 0.651. The Morgan fingerprint density at radius 3 is 2.87 bits per heavy atom. The zero-order valence-electron chi connectivity index (χ0n) is 17.1. The van der Waals surface area contributed by atoms with Gasteiger partial charge in [-0.05, 0) is 43.4 Å². The third kappa shape index (κ3) is 4.46. The summed E-state index contributed by atoms with van der Waals surface area (Å²) in [7, 11) is 0. The second kappa shape index (κ2) is 8.83. The van der Waals surface area contributed by atoms with E-state index in [1.165, 1.54) is 28.3 Å². The number of aromatic nitrogens is 3. The van der Waals surface area contributed by atoms with Crippen LogP contribution in [0.1, 0.15) is 42.7 Å². The Balaban J connectivity index is 1.53. The number of hydrogen-bond donors (Lipinski definition) is 1. The molecule has 1 amide bonds. The number of nitrogens with one attached hydrogen (secondary N) is 1. The lowest BCUT2D eigenvalue weighted by Gasteiger charge is -2.30. The maximum absolute atomic E-state index is 12.8. The lowest BCUT2D eigenvalue weighted by atomic mass is 10.0. The number of benzene rings is 1. The summed E-state index contributed by atoms with van der Waals surface area (Å²) in [6.45, 7) is 6.94. The van der Waals surface area contributed by atoms with Gasteiger partial charge in [-0.15, -0.1) is 5.10 Å². The molecule has 1 aliphatic rings. The molecule has 158 valence electrons. The Labute approximate surface area is 178 Å². The van der Waals surface area contributed by atoms with E-state index in [2.05, 4.69) is 27.2 Å². The summed E-state index contributed by atoms with van der Waals surface area (Å²) in [6, 6.07) is 8.78. The molecule has 0 spiro atoms. The van der Waals surface area contributed by atoms with Crippen LogP contribution in [0.25, 0.3) is 4.96 Å². The highest BCUT2D eigenvalue weighted by molar-refractivity contribution is 7.20. The summed E-state index contributed by atoms with van der Waals surface area (Å²) < 4.78 is 6.91. The molecule has 9 heteroatoms. The summed E-state index contributed by atoms with van der Waals surface area (Å²) in [5.41, 5.74) is 0.692. The monoisotopic (exact) mass is 427 g/mol. The number of piperidine rings is 1. The smallest absolute Gasteiger partial charge is 0.274 e. The number of nitrogens with zero attached hydrogens (tertiary/aromatic N) is 4. The van der Waals surface area contributed by atoms with Gasteiger partial charge in [0.25, 0.3) is 11.5 Å². The Morgan fingerprint density at radius 1 is 1.33 bits per heavy atom. The van der Waals surface area contributed by atoms with Crippen molar-refractivity contribution >= 4 is 27.3 Å². The van der Waals surface area contributed by atoms with E-state index in [0.717, 1.165) is 36.0 Å². The summed E-state index contributed by atoms with van der Waals surface area (Å²) in [5.74, 6) is 1.02. The Hall–Kier alpha value is -2.94. The molecular formula is C21H25N5O3S. The summed E-state index contributed by atoms with van der Waals surface area (Å²) in [6.07, 6.45) is 2.31. The van der Waals surface area contributed by atoms with Crippen molar-refractivity contribution < 1.29 is 9.53 Å². The maximum atomic E-state index is 12.8. The van der Waals surface area contributed by atoms with E-state index in [4.69, 9.17) is 4.74 Å². The van der Waals surface area contributed by atoms with Crippen molar-refractivity contribution in [2.75, 3.05) is 24.6 Å². The number of anilines is 1. The van der Waals surface area contributed by atoms with E-state index < -0.39 is 5.56 Å². The molecule has 1 atom stereocenters. The van der Waals surface area contributed by atoms with Gasteiger partial charge in [0, 0.05) is 25.7 Å². The second-order valence-electron chi connectivity index (χ2n) is 7.51. The van der Waals surface area contributed by atoms with Crippen LogP contribution in [0.4, 0.5) is 5.13 Å². The van der Waals surface area contributed by atoms with Crippen LogP contribution >= 0.6 is 11.3 Å². The second-order valence-corrected chi connectivity index (χ2v) is 8.45. The predicted octanol–water partition coefficient (Wildman–Crippen LogP) is 2.72. The normalized spacial score (nSPS) is 16.6. The molecule has 1 saturated heterocycles. The van der Waals surface area contributed by atoms with Gasteiger partial charge >= 0.3 is 0 Å². The van der Waals surface area contributed by atoms with E-state index in [1.54, 1.807) is 0 Å². The van der Waals surface area contributed by atoms with Crippen LogP contribution in [-0.4, -0.2) is 40.2 Å². The zero-order valence-corrected chi connectivity index (χ0v) is 17.9. The van der Waals surface area contributed by atoms with Crippen molar-refractivity contribution in [2.24, 2.45) is 5.92 Å². The largest absolute Gasteiger partial charge is 0.494 e. The van der Waals surface area contributed by atoms with Crippen LogP contribution in [0.5, 0.6) is 5.75 Å². The molecule has 4 rings (SSSR count). The fraction of sp³-hybridized carbons (Fsp3) is 0.429. The molecule has 1 aromatic carbocycles. The van der Waals surface area contributed by atoms with Crippen LogP contribution in [-0.2, 0) is 6.54 Å². The van der Waals surface area contributed by atoms with Gasteiger partial charge in [0.15, 0.2) is 0 Å². The predicted molar refractivity (Wildman–Crippen MR) is 117 cm³/mol. The highest BCUT2D eigenvalue weighted by Gasteiger charge is 2.22. The molecule has 3 aromatic rings. The standard InChI is InChI=1S/C21H25N5O3S/c1-3-29-16-8-6-15(7-9-16)12-22-19(28)17-11-18(27)23-20-26(17)24-21(30-20)25-10-4-5-14(2)13-25/h6-9,11,14H,3-5,10,12-13H2,1-2H3,(H,22,28)/t14-/m1/s1.